The third kappa shape index (κ3) is 6.22. The Morgan fingerprint density at radius 2 is 1.85 bits per heavy atom. The van der Waals surface area contributed by atoms with Crippen molar-refractivity contribution in [2.45, 2.75) is 51.2 Å². The fourth-order valence-electron chi connectivity index (χ4n) is 5.14. The van der Waals surface area contributed by atoms with Gasteiger partial charge in [-0.2, -0.15) is 0 Å². The summed E-state index contributed by atoms with van der Waals surface area (Å²) in [6, 6.07) is 16.2. The first-order valence-corrected chi connectivity index (χ1v) is 13.9. The molecule has 2 aliphatic heterocycles. The number of carboxylic acid groups (broad SMARTS) is 1. The van der Waals surface area contributed by atoms with Crippen LogP contribution in [-0.4, -0.2) is 62.4 Å². The van der Waals surface area contributed by atoms with E-state index >= 15 is 0 Å². The van der Waals surface area contributed by atoms with Crippen LogP contribution in [-0.2, 0) is 24.4 Å². The van der Waals surface area contributed by atoms with E-state index in [2.05, 4.69) is 14.5 Å². The fourth-order valence-corrected chi connectivity index (χ4v) is 5.26. The first-order valence-electron chi connectivity index (χ1n) is 13.6. The third-order valence-corrected chi connectivity index (χ3v) is 7.70. The van der Waals surface area contributed by atoms with Crippen molar-refractivity contribution in [1.82, 2.24) is 19.4 Å². The van der Waals surface area contributed by atoms with E-state index in [1.807, 2.05) is 24.3 Å². The van der Waals surface area contributed by atoms with Gasteiger partial charge in [0.15, 0.2) is 0 Å². The molecule has 2 aliphatic rings. The van der Waals surface area contributed by atoms with Crippen molar-refractivity contribution in [3.05, 3.63) is 82.9 Å². The molecular weight excluding hydrogens is 532 g/mol. The Morgan fingerprint density at radius 3 is 2.58 bits per heavy atom. The third-order valence-electron chi connectivity index (χ3n) is 7.44. The molecule has 2 fully saturated rings. The summed E-state index contributed by atoms with van der Waals surface area (Å²) in [4.78, 5) is 23.2. The number of hydrogen-bond donors (Lipinski definition) is 1. The van der Waals surface area contributed by atoms with Gasteiger partial charge in [0.2, 0.25) is 0 Å². The lowest BCUT2D eigenvalue weighted by Crippen LogP contribution is -2.39. The average molecular weight is 563 g/mol. The smallest absolute Gasteiger partial charge is 0.335 e. The minimum absolute atomic E-state index is 0.115. The first kappa shape index (κ1) is 26.6. The van der Waals surface area contributed by atoms with Crippen molar-refractivity contribution >= 4 is 28.6 Å². The van der Waals surface area contributed by atoms with E-state index in [0.29, 0.717) is 24.7 Å². The number of carbonyl (C=O) groups is 1. The van der Waals surface area contributed by atoms with Crippen LogP contribution in [0.25, 0.3) is 11.0 Å². The van der Waals surface area contributed by atoms with E-state index in [1.165, 1.54) is 0 Å². The van der Waals surface area contributed by atoms with Gasteiger partial charge < -0.3 is 23.9 Å². The number of aromatic nitrogens is 3. The summed E-state index contributed by atoms with van der Waals surface area (Å²) in [5, 5.41) is 10.2. The second-order valence-corrected chi connectivity index (χ2v) is 10.7. The number of likely N-dealkylation sites (tertiary alicyclic amines) is 1. The molecule has 0 bridgehead atoms. The summed E-state index contributed by atoms with van der Waals surface area (Å²) in [7, 11) is 0. The molecular formula is C30H31ClN4O5. The topological polar surface area (TPSA) is 98.9 Å². The molecule has 0 amide bonds. The van der Waals surface area contributed by atoms with Crippen LogP contribution in [0.5, 0.6) is 11.5 Å². The largest absolute Gasteiger partial charge is 0.490 e. The van der Waals surface area contributed by atoms with E-state index in [1.54, 1.807) is 36.5 Å². The molecule has 10 heteroatoms. The highest BCUT2D eigenvalue weighted by molar-refractivity contribution is 6.30. The maximum atomic E-state index is 11.6. The summed E-state index contributed by atoms with van der Waals surface area (Å²) in [5.41, 5.74) is 2.72. The summed E-state index contributed by atoms with van der Waals surface area (Å²) < 4.78 is 20.0. The predicted molar refractivity (Wildman–Crippen MR) is 150 cm³/mol. The molecule has 2 aromatic carbocycles. The van der Waals surface area contributed by atoms with Crippen LogP contribution in [0.1, 0.15) is 41.1 Å². The SMILES string of the molecule is O=C(O)c1ccc2nc(CN3CCC(Oc4ccnc(COc5ccc(Cl)cc5)c4)CC3)n(C[C@@H]3CCO3)c2c1. The number of nitrogens with zero attached hydrogens (tertiary/aromatic N) is 4. The normalized spacial score (nSPS) is 18.0. The van der Waals surface area contributed by atoms with Gasteiger partial charge in [-0.05, 0) is 67.8 Å². The molecule has 2 saturated heterocycles. The molecule has 1 N–H and O–H groups in total. The van der Waals surface area contributed by atoms with E-state index in [0.717, 1.165) is 73.0 Å². The van der Waals surface area contributed by atoms with E-state index in [9.17, 15) is 9.90 Å². The highest BCUT2D eigenvalue weighted by atomic mass is 35.5. The second kappa shape index (κ2) is 11.8. The number of imidazole rings is 1. The molecule has 0 saturated carbocycles. The number of hydrogen-bond acceptors (Lipinski definition) is 7. The van der Waals surface area contributed by atoms with E-state index in [-0.39, 0.29) is 17.8 Å². The molecule has 1 atom stereocenters. The van der Waals surface area contributed by atoms with E-state index < -0.39 is 5.97 Å². The molecule has 4 heterocycles. The molecule has 4 aromatic rings. The standard InChI is InChI=1S/C30H31ClN4O5/c31-21-2-4-23(5-3-21)39-19-22-16-25(7-11-32-22)40-24-8-12-34(13-9-24)18-29-33-27-6-1-20(30(36)37)15-28(27)35(29)17-26-10-14-38-26/h1-7,11,15-16,24,26H,8-10,12-14,17-19H2,(H,36,37)/t26-/m0/s1. The van der Waals surface area contributed by atoms with Gasteiger partial charge in [0.25, 0.3) is 0 Å². The van der Waals surface area contributed by atoms with Crippen molar-refractivity contribution in [1.29, 1.82) is 0 Å². The van der Waals surface area contributed by atoms with Crippen LogP contribution >= 0.6 is 11.6 Å². The minimum atomic E-state index is -0.937. The van der Waals surface area contributed by atoms with Crippen LogP contribution < -0.4 is 9.47 Å². The van der Waals surface area contributed by atoms with E-state index in [4.69, 9.17) is 30.8 Å². The number of carboxylic acids is 1. The zero-order valence-electron chi connectivity index (χ0n) is 22.0. The lowest BCUT2D eigenvalue weighted by atomic mass is 10.1. The Balaban J connectivity index is 1.06. The number of benzene rings is 2. The summed E-state index contributed by atoms with van der Waals surface area (Å²) in [6.07, 6.45) is 4.80. The zero-order valence-corrected chi connectivity index (χ0v) is 22.8. The van der Waals surface area contributed by atoms with Crippen molar-refractivity contribution in [2.75, 3.05) is 19.7 Å². The van der Waals surface area contributed by atoms with Gasteiger partial charge in [-0.15, -0.1) is 0 Å². The molecule has 2 aromatic heterocycles. The number of ether oxygens (including phenoxy) is 3. The summed E-state index contributed by atoms with van der Waals surface area (Å²) >= 11 is 5.94. The van der Waals surface area contributed by atoms with Crippen molar-refractivity contribution in [3.8, 4) is 11.5 Å². The second-order valence-electron chi connectivity index (χ2n) is 10.2. The molecule has 208 valence electrons. The molecule has 0 aliphatic carbocycles. The predicted octanol–water partition coefficient (Wildman–Crippen LogP) is 5.19. The highest BCUT2D eigenvalue weighted by Crippen LogP contribution is 2.25. The van der Waals surface area contributed by atoms with Crippen molar-refractivity contribution < 1.29 is 24.1 Å². The Morgan fingerprint density at radius 1 is 1.05 bits per heavy atom. The monoisotopic (exact) mass is 562 g/mol. The minimum Gasteiger partial charge on any atom is -0.490 e. The molecule has 9 nitrogen and oxygen atoms in total. The molecule has 0 unspecified atom stereocenters. The van der Waals surface area contributed by atoms with Gasteiger partial charge in [0.1, 0.15) is 30.0 Å². The Kier molecular flexibility index (Phi) is 7.86. The van der Waals surface area contributed by atoms with Crippen LogP contribution in [0.2, 0.25) is 5.02 Å². The lowest BCUT2D eigenvalue weighted by molar-refractivity contribution is -0.0592. The Bertz CT molecular complexity index is 1480. The van der Waals surface area contributed by atoms with Crippen LogP contribution in [0.15, 0.2) is 60.8 Å². The van der Waals surface area contributed by atoms with Gasteiger partial charge in [0.05, 0.1) is 41.5 Å². The number of piperidine rings is 1. The van der Waals surface area contributed by atoms with Crippen molar-refractivity contribution in [2.24, 2.45) is 0 Å². The number of rotatable bonds is 10. The van der Waals surface area contributed by atoms with Crippen molar-refractivity contribution in [3.63, 3.8) is 0 Å². The molecule has 0 spiro atoms. The highest BCUT2D eigenvalue weighted by Gasteiger charge is 2.26. The van der Waals surface area contributed by atoms with Gasteiger partial charge in [0, 0.05) is 37.0 Å². The van der Waals surface area contributed by atoms with Gasteiger partial charge in [-0.3, -0.25) is 9.88 Å². The fraction of sp³-hybridized carbons (Fsp3) is 0.367. The van der Waals surface area contributed by atoms with Crippen LogP contribution in [0.4, 0.5) is 0 Å². The van der Waals surface area contributed by atoms with Gasteiger partial charge in [-0.1, -0.05) is 11.6 Å². The average Bonchev–Trinajstić information content (AvgIpc) is 3.27. The maximum Gasteiger partial charge on any atom is 0.335 e. The lowest BCUT2D eigenvalue weighted by Gasteiger charge is -2.32. The summed E-state index contributed by atoms with van der Waals surface area (Å²) in [5.74, 6) is 1.53. The van der Waals surface area contributed by atoms with Gasteiger partial charge >= 0.3 is 5.97 Å². The van der Waals surface area contributed by atoms with Crippen LogP contribution in [0.3, 0.4) is 0 Å². The molecule has 40 heavy (non-hydrogen) atoms. The Hall–Kier alpha value is -3.66. The number of pyridine rings is 1. The number of aromatic carboxylic acids is 1. The zero-order chi connectivity index (χ0) is 27.5. The molecule has 0 radical (unpaired) electrons. The quantitative estimate of drug-likeness (QED) is 0.282. The first-order chi connectivity index (χ1) is 19.5. The van der Waals surface area contributed by atoms with Crippen LogP contribution in [0, 0.1) is 0 Å². The molecule has 6 rings (SSSR count). The van der Waals surface area contributed by atoms with Gasteiger partial charge in [-0.25, -0.2) is 9.78 Å². The number of halogens is 1. The number of fused-ring (bicyclic) bond motifs is 1. The summed E-state index contributed by atoms with van der Waals surface area (Å²) in [6.45, 7) is 4.25. The Labute approximate surface area is 237 Å². The maximum absolute atomic E-state index is 11.6.